The number of carbonyl (C=O) groups is 3. The fourth-order valence-electron chi connectivity index (χ4n) is 3.61. The second-order valence-corrected chi connectivity index (χ2v) is 8.98. The van der Waals surface area contributed by atoms with Crippen molar-refractivity contribution in [3.8, 4) is 22.8 Å². The van der Waals surface area contributed by atoms with Crippen LogP contribution in [0.25, 0.3) is 17.4 Å². The highest BCUT2D eigenvalue weighted by Gasteiger charge is 2.36. The van der Waals surface area contributed by atoms with Gasteiger partial charge < -0.3 is 23.8 Å². The number of aryl methyl sites for hydroxylation is 1. The van der Waals surface area contributed by atoms with Crippen LogP contribution in [0.5, 0.6) is 11.5 Å². The Bertz CT molecular complexity index is 1390. The summed E-state index contributed by atoms with van der Waals surface area (Å²) in [6.07, 6.45) is 1.48. The van der Waals surface area contributed by atoms with Crippen LogP contribution in [-0.2, 0) is 11.3 Å². The van der Waals surface area contributed by atoms with Crippen molar-refractivity contribution < 1.29 is 33.4 Å². The lowest BCUT2D eigenvalue weighted by Gasteiger charge is -2.14. The number of hydrogen-bond donors (Lipinski definition) is 0. The van der Waals surface area contributed by atoms with Gasteiger partial charge in [-0.05, 0) is 59.6 Å². The van der Waals surface area contributed by atoms with Crippen LogP contribution < -0.4 is 14.6 Å². The fourth-order valence-corrected chi connectivity index (χ4v) is 4.64. The molecule has 172 valence electrons. The SMILES string of the molecule is Cc1ccc(C(=O)[O-])cc1-c1ccc(/C=C2/SC(=O)N(Cc3cc4c(cc3Cl)OCO4)C2=O)o1. The highest BCUT2D eigenvalue weighted by Crippen LogP contribution is 2.39. The highest BCUT2D eigenvalue weighted by atomic mass is 35.5. The first-order valence-corrected chi connectivity index (χ1v) is 11.2. The molecule has 1 fully saturated rings. The van der Waals surface area contributed by atoms with Crippen molar-refractivity contribution in [1.29, 1.82) is 0 Å². The van der Waals surface area contributed by atoms with E-state index in [0.717, 1.165) is 22.2 Å². The molecule has 1 saturated heterocycles. The van der Waals surface area contributed by atoms with Gasteiger partial charge >= 0.3 is 0 Å². The van der Waals surface area contributed by atoms with E-state index < -0.39 is 17.1 Å². The van der Waals surface area contributed by atoms with Crippen LogP contribution in [0.4, 0.5) is 4.79 Å². The fraction of sp³-hybridized carbons (Fsp3) is 0.125. The molecule has 3 heterocycles. The Labute approximate surface area is 202 Å². The number of benzene rings is 2. The normalized spacial score (nSPS) is 16.1. The lowest BCUT2D eigenvalue weighted by atomic mass is 10.0. The monoisotopic (exact) mass is 496 g/mol. The average Bonchev–Trinajstić information content (AvgIpc) is 3.51. The van der Waals surface area contributed by atoms with Crippen LogP contribution in [0, 0.1) is 6.92 Å². The number of ether oxygens (including phenoxy) is 2. The third kappa shape index (κ3) is 4.04. The maximum atomic E-state index is 12.9. The van der Waals surface area contributed by atoms with Crippen molar-refractivity contribution in [2.75, 3.05) is 6.79 Å². The largest absolute Gasteiger partial charge is 0.545 e. The van der Waals surface area contributed by atoms with E-state index in [-0.39, 0.29) is 23.8 Å². The molecular weight excluding hydrogens is 482 g/mol. The maximum absolute atomic E-state index is 12.9. The maximum Gasteiger partial charge on any atom is 0.293 e. The predicted octanol–water partition coefficient (Wildman–Crippen LogP) is 4.24. The molecule has 10 heteroatoms. The van der Waals surface area contributed by atoms with E-state index in [1.165, 1.54) is 18.2 Å². The topological polar surface area (TPSA) is 109 Å². The van der Waals surface area contributed by atoms with E-state index >= 15 is 0 Å². The van der Waals surface area contributed by atoms with Gasteiger partial charge in [-0.25, -0.2) is 0 Å². The van der Waals surface area contributed by atoms with Crippen LogP contribution >= 0.6 is 23.4 Å². The molecule has 8 nitrogen and oxygen atoms in total. The molecule has 0 radical (unpaired) electrons. The molecule has 5 rings (SSSR count). The third-order valence-corrected chi connectivity index (χ3v) is 6.64. The predicted molar refractivity (Wildman–Crippen MR) is 122 cm³/mol. The van der Waals surface area contributed by atoms with E-state index in [0.29, 0.717) is 39.2 Å². The molecule has 3 aromatic rings. The number of carbonyl (C=O) groups excluding carboxylic acids is 3. The second kappa shape index (κ2) is 8.58. The molecule has 1 aromatic heterocycles. The molecule has 0 N–H and O–H groups in total. The molecule has 2 aliphatic rings. The van der Waals surface area contributed by atoms with Gasteiger partial charge in [0.25, 0.3) is 11.1 Å². The lowest BCUT2D eigenvalue weighted by molar-refractivity contribution is -0.255. The molecule has 2 aromatic carbocycles. The summed E-state index contributed by atoms with van der Waals surface area (Å²) in [5.41, 5.74) is 1.98. The van der Waals surface area contributed by atoms with Gasteiger partial charge in [-0.1, -0.05) is 23.7 Å². The minimum absolute atomic E-state index is 0.0178. The number of hydrogen-bond acceptors (Lipinski definition) is 8. The number of rotatable bonds is 5. The van der Waals surface area contributed by atoms with Crippen molar-refractivity contribution in [1.82, 2.24) is 4.90 Å². The zero-order valence-corrected chi connectivity index (χ0v) is 19.2. The van der Waals surface area contributed by atoms with E-state index in [9.17, 15) is 19.5 Å². The molecular formula is C24H15ClNO7S-. The Morgan fingerprint density at radius 1 is 1.15 bits per heavy atom. The number of imide groups is 1. The van der Waals surface area contributed by atoms with E-state index in [4.69, 9.17) is 25.5 Å². The van der Waals surface area contributed by atoms with E-state index in [1.54, 1.807) is 30.3 Å². The van der Waals surface area contributed by atoms with Crippen LogP contribution in [0.15, 0.2) is 51.8 Å². The Morgan fingerprint density at radius 3 is 2.68 bits per heavy atom. The standard InChI is InChI=1S/C24H16ClNO7S/c1-12-2-3-13(23(28)29)6-16(12)18-5-4-15(33-18)8-21-22(27)26(24(30)34-21)10-14-7-19-20(9-17(14)25)32-11-31-19/h2-9H,10-11H2,1H3,(H,28,29)/p-1/b21-8+. The Morgan fingerprint density at radius 2 is 1.91 bits per heavy atom. The van der Waals surface area contributed by atoms with Crippen molar-refractivity contribution in [2.24, 2.45) is 0 Å². The van der Waals surface area contributed by atoms with Gasteiger partial charge in [0.15, 0.2) is 11.5 Å². The number of furan rings is 1. The van der Waals surface area contributed by atoms with E-state index in [2.05, 4.69) is 0 Å². The van der Waals surface area contributed by atoms with Crippen LogP contribution in [0.1, 0.15) is 27.2 Å². The quantitative estimate of drug-likeness (QED) is 0.482. The molecule has 0 unspecified atom stereocenters. The number of thioether (sulfide) groups is 1. The highest BCUT2D eigenvalue weighted by molar-refractivity contribution is 8.18. The number of fused-ring (bicyclic) bond motifs is 1. The summed E-state index contributed by atoms with van der Waals surface area (Å²) in [7, 11) is 0. The van der Waals surface area contributed by atoms with Gasteiger partial charge in [0, 0.05) is 22.7 Å². The molecule has 0 aliphatic carbocycles. The molecule has 2 aliphatic heterocycles. The van der Waals surface area contributed by atoms with Crippen LogP contribution in [0.2, 0.25) is 5.02 Å². The lowest BCUT2D eigenvalue weighted by Crippen LogP contribution is -2.27. The summed E-state index contributed by atoms with van der Waals surface area (Å²) >= 11 is 7.09. The van der Waals surface area contributed by atoms with Gasteiger partial charge in [-0.3, -0.25) is 14.5 Å². The molecule has 2 amide bonds. The minimum atomic E-state index is -1.29. The van der Waals surface area contributed by atoms with E-state index in [1.807, 2.05) is 6.92 Å². The zero-order chi connectivity index (χ0) is 24.0. The molecule has 0 atom stereocenters. The van der Waals surface area contributed by atoms with Gasteiger partial charge in [0.2, 0.25) is 6.79 Å². The molecule has 0 saturated carbocycles. The summed E-state index contributed by atoms with van der Waals surface area (Å²) in [6, 6.07) is 11.1. The summed E-state index contributed by atoms with van der Waals surface area (Å²) in [5.74, 6) is 0.0269. The molecule has 0 spiro atoms. The van der Waals surface area contributed by atoms with Gasteiger partial charge in [0.05, 0.1) is 17.4 Å². The number of aromatic carboxylic acids is 1. The summed E-state index contributed by atoms with van der Waals surface area (Å²) < 4.78 is 16.4. The van der Waals surface area contributed by atoms with Crippen LogP contribution in [-0.4, -0.2) is 28.8 Å². The molecule has 34 heavy (non-hydrogen) atoms. The number of carboxylic acids is 1. The van der Waals surface area contributed by atoms with Gasteiger partial charge in [-0.2, -0.15) is 0 Å². The Balaban J connectivity index is 1.38. The minimum Gasteiger partial charge on any atom is -0.545 e. The van der Waals surface area contributed by atoms with Crippen molar-refractivity contribution >= 4 is 46.6 Å². The van der Waals surface area contributed by atoms with Gasteiger partial charge in [-0.15, -0.1) is 0 Å². The van der Waals surface area contributed by atoms with Crippen molar-refractivity contribution in [3.05, 3.63) is 74.8 Å². The van der Waals surface area contributed by atoms with Crippen molar-refractivity contribution in [3.63, 3.8) is 0 Å². The number of halogens is 1. The average molecular weight is 497 g/mol. The first-order valence-electron chi connectivity index (χ1n) is 10.1. The van der Waals surface area contributed by atoms with Gasteiger partial charge in [0.1, 0.15) is 11.5 Å². The zero-order valence-electron chi connectivity index (χ0n) is 17.6. The summed E-state index contributed by atoms with van der Waals surface area (Å²) in [5, 5.41) is 11.1. The number of carboxylic acid groups (broad SMARTS) is 1. The smallest absolute Gasteiger partial charge is 0.293 e. The summed E-state index contributed by atoms with van der Waals surface area (Å²) in [6.45, 7) is 1.89. The van der Waals surface area contributed by atoms with Crippen LogP contribution in [0.3, 0.4) is 0 Å². The second-order valence-electron chi connectivity index (χ2n) is 7.58. The Kier molecular flexibility index (Phi) is 5.59. The first kappa shape index (κ1) is 22.1. The molecule has 0 bridgehead atoms. The third-order valence-electron chi connectivity index (χ3n) is 5.38. The Hall–Kier alpha value is -3.69. The number of nitrogens with zero attached hydrogens (tertiary/aromatic N) is 1. The first-order chi connectivity index (χ1) is 16.3. The summed E-state index contributed by atoms with van der Waals surface area (Å²) in [4.78, 5) is 37.9. The number of amides is 2. The van der Waals surface area contributed by atoms with Crippen molar-refractivity contribution in [2.45, 2.75) is 13.5 Å².